The maximum absolute atomic E-state index is 10.8. The smallest absolute Gasteiger partial charge is 0.244 e. The Balaban J connectivity index is 2.16. The highest BCUT2D eigenvalue weighted by Gasteiger charge is 2.23. The fourth-order valence-corrected chi connectivity index (χ4v) is 1.76. The average Bonchev–Trinajstić information content (AvgIpc) is 3.00. The molecule has 1 saturated carbocycles. The summed E-state index contributed by atoms with van der Waals surface area (Å²) in [6, 6.07) is 7.82. The molecule has 0 heterocycles. The van der Waals surface area contributed by atoms with Crippen LogP contribution in [-0.4, -0.2) is 5.24 Å². The van der Waals surface area contributed by atoms with E-state index >= 15 is 0 Å². The second kappa shape index (κ2) is 3.92. The third-order valence-corrected chi connectivity index (χ3v) is 3.26. The van der Waals surface area contributed by atoms with E-state index < -0.39 is 10.6 Å². The second-order valence-electron chi connectivity index (χ2n) is 3.61. The Hall–Kier alpha value is -0.530. The highest BCUT2D eigenvalue weighted by Crippen LogP contribution is 2.40. The van der Waals surface area contributed by atoms with E-state index in [1.54, 1.807) is 0 Å². The molecule has 0 bridgehead atoms. The predicted molar refractivity (Wildman–Crippen MR) is 57.9 cm³/mol. The maximum atomic E-state index is 10.8. The number of carbonyl (C=O) groups is 1. The van der Waals surface area contributed by atoms with Crippen LogP contribution in [0.5, 0.6) is 0 Å². The van der Waals surface area contributed by atoms with Crippen LogP contribution in [0.4, 0.5) is 0 Å². The Morgan fingerprint density at radius 1 is 1.29 bits per heavy atom. The van der Waals surface area contributed by atoms with Crippen molar-refractivity contribution in [1.29, 1.82) is 0 Å². The van der Waals surface area contributed by atoms with E-state index in [4.69, 9.17) is 23.2 Å². The first-order valence-corrected chi connectivity index (χ1v) is 5.43. The van der Waals surface area contributed by atoms with Gasteiger partial charge < -0.3 is 0 Å². The zero-order valence-corrected chi connectivity index (χ0v) is 9.05. The van der Waals surface area contributed by atoms with Crippen LogP contribution in [0.2, 0.25) is 0 Å². The summed E-state index contributed by atoms with van der Waals surface area (Å²) in [5.74, 6) is 0.726. The van der Waals surface area contributed by atoms with Crippen LogP contribution >= 0.6 is 23.2 Å². The minimum Gasteiger partial charge on any atom is -0.279 e. The van der Waals surface area contributed by atoms with E-state index in [0.717, 1.165) is 11.5 Å². The number of alkyl halides is 1. The van der Waals surface area contributed by atoms with Crippen LogP contribution in [-0.2, 0) is 4.79 Å². The Morgan fingerprint density at radius 2 is 1.86 bits per heavy atom. The summed E-state index contributed by atoms with van der Waals surface area (Å²) in [6.07, 6.45) is 2.55. The lowest BCUT2D eigenvalue weighted by Gasteiger charge is -2.05. The molecule has 1 aromatic rings. The van der Waals surface area contributed by atoms with Gasteiger partial charge in [0.2, 0.25) is 5.24 Å². The lowest BCUT2D eigenvalue weighted by Crippen LogP contribution is -1.98. The van der Waals surface area contributed by atoms with Gasteiger partial charge in [-0.25, -0.2) is 0 Å². The van der Waals surface area contributed by atoms with Crippen LogP contribution in [0, 0.1) is 0 Å². The second-order valence-corrected chi connectivity index (χ2v) is 4.42. The van der Waals surface area contributed by atoms with Gasteiger partial charge in [0.15, 0.2) is 0 Å². The van der Waals surface area contributed by atoms with E-state index in [1.165, 1.54) is 18.4 Å². The summed E-state index contributed by atoms with van der Waals surface area (Å²) >= 11 is 11.1. The van der Waals surface area contributed by atoms with Gasteiger partial charge in [-0.3, -0.25) is 4.79 Å². The first-order chi connectivity index (χ1) is 6.68. The fourth-order valence-electron chi connectivity index (χ4n) is 1.48. The van der Waals surface area contributed by atoms with Crippen LogP contribution in [0.1, 0.15) is 35.3 Å². The zero-order chi connectivity index (χ0) is 10.1. The number of benzene rings is 1. The van der Waals surface area contributed by atoms with Crippen molar-refractivity contribution in [2.24, 2.45) is 0 Å². The largest absolute Gasteiger partial charge is 0.279 e. The monoisotopic (exact) mass is 228 g/mol. The standard InChI is InChI=1S/C11H10Cl2O/c12-10(11(13)14)9-5-3-8(4-6-9)7-1-2-7/h3-7,10H,1-2H2. The van der Waals surface area contributed by atoms with E-state index in [0.29, 0.717) is 0 Å². The van der Waals surface area contributed by atoms with Crippen molar-refractivity contribution in [3.8, 4) is 0 Å². The minimum atomic E-state index is -0.718. The molecule has 3 heteroatoms. The number of carbonyl (C=O) groups excluding carboxylic acids is 1. The van der Waals surface area contributed by atoms with Gasteiger partial charge in [-0.15, -0.1) is 11.6 Å². The number of hydrogen-bond acceptors (Lipinski definition) is 1. The van der Waals surface area contributed by atoms with E-state index in [2.05, 4.69) is 0 Å². The third kappa shape index (κ3) is 2.10. The fraction of sp³-hybridized carbons (Fsp3) is 0.364. The number of rotatable bonds is 3. The Labute approximate surface area is 93.0 Å². The van der Waals surface area contributed by atoms with Crippen molar-refractivity contribution in [1.82, 2.24) is 0 Å². The SMILES string of the molecule is O=C(Cl)C(Cl)c1ccc(C2CC2)cc1. The van der Waals surface area contributed by atoms with Crippen molar-refractivity contribution in [2.75, 3.05) is 0 Å². The van der Waals surface area contributed by atoms with E-state index in [9.17, 15) is 4.79 Å². The van der Waals surface area contributed by atoms with Crippen molar-refractivity contribution >= 4 is 28.4 Å². The van der Waals surface area contributed by atoms with Crippen LogP contribution < -0.4 is 0 Å². The first kappa shape index (κ1) is 10.0. The van der Waals surface area contributed by atoms with Gasteiger partial charge in [-0.2, -0.15) is 0 Å². The number of hydrogen-bond donors (Lipinski definition) is 0. The van der Waals surface area contributed by atoms with Crippen molar-refractivity contribution < 1.29 is 4.79 Å². The van der Waals surface area contributed by atoms with Crippen molar-refractivity contribution in [3.05, 3.63) is 35.4 Å². The average molecular weight is 229 g/mol. The lowest BCUT2D eigenvalue weighted by atomic mass is 10.1. The van der Waals surface area contributed by atoms with E-state index in [-0.39, 0.29) is 0 Å². The molecule has 0 aliphatic heterocycles. The molecule has 1 aliphatic rings. The van der Waals surface area contributed by atoms with Crippen molar-refractivity contribution in [2.45, 2.75) is 24.1 Å². The van der Waals surface area contributed by atoms with Gasteiger partial charge in [-0.05, 0) is 41.5 Å². The molecule has 0 spiro atoms. The molecule has 1 unspecified atom stereocenters. The van der Waals surface area contributed by atoms with Crippen molar-refractivity contribution in [3.63, 3.8) is 0 Å². The molecule has 1 nitrogen and oxygen atoms in total. The molecular weight excluding hydrogens is 219 g/mol. The predicted octanol–water partition coefficient (Wildman–Crippen LogP) is 3.61. The molecular formula is C11H10Cl2O. The molecule has 74 valence electrons. The quantitative estimate of drug-likeness (QED) is 0.571. The zero-order valence-electron chi connectivity index (χ0n) is 7.54. The lowest BCUT2D eigenvalue weighted by molar-refractivity contribution is -0.111. The summed E-state index contributed by atoms with van der Waals surface area (Å²) in [4.78, 5) is 10.8. The van der Waals surface area contributed by atoms with Crippen LogP contribution in [0.3, 0.4) is 0 Å². The molecule has 0 amide bonds. The Bertz CT molecular complexity index is 341. The van der Waals surface area contributed by atoms with Gasteiger partial charge in [0.05, 0.1) is 0 Å². The third-order valence-electron chi connectivity index (χ3n) is 2.48. The molecule has 0 radical (unpaired) electrons. The molecule has 1 atom stereocenters. The van der Waals surface area contributed by atoms with Gasteiger partial charge in [-0.1, -0.05) is 24.3 Å². The molecule has 0 saturated heterocycles. The Kier molecular flexibility index (Phi) is 2.80. The van der Waals surface area contributed by atoms with E-state index in [1.807, 2.05) is 24.3 Å². The van der Waals surface area contributed by atoms with Crippen LogP contribution in [0.15, 0.2) is 24.3 Å². The highest BCUT2D eigenvalue weighted by atomic mass is 35.5. The van der Waals surface area contributed by atoms with Crippen LogP contribution in [0.25, 0.3) is 0 Å². The maximum Gasteiger partial charge on any atom is 0.244 e. The Morgan fingerprint density at radius 3 is 2.29 bits per heavy atom. The summed E-state index contributed by atoms with van der Waals surface area (Å²) in [5.41, 5.74) is 2.11. The number of halogens is 2. The molecule has 2 rings (SSSR count). The summed E-state index contributed by atoms with van der Waals surface area (Å²) in [6.45, 7) is 0. The molecule has 1 aromatic carbocycles. The molecule has 0 N–H and O–H groups in total. The van der Waals surface area contributed by atoms with Gasteiger partial charge >= 0.3 is 0 Å². The molecule has 1 fully saturated rings. The van der Waals surface area contributed by atoms with Gasteiger partial charge in [0.1, 0.15) is 5.38 Å². The molecule has 1 aliphatic carbocycles. The summed E-state index contributed by atoms with van der Waals surface area (Å²) in [7, 11) is 0. The molecule has 0 aromatic heterocycles. The summed E-state index contributed by atoms with van der Waals surface area (Å²) < 4.78 is 0. The highest BCUT2D eigenvalue weighted by molar-refractivity contribution is 6.68. The van der Waals surface area contributed by atoms with Gasteiger partial charge in [0.25, 0.3) is 0 Å². The topological polar surface area (TPSA) is 17.1 Å². The first-order valence-electron chi connectivity index (χ1n) is 4.62. The summed E-state index contributed by atoms with van der Waals surface area (Å²) in [5, 5.41) is -1.24. The minimum absolute atomic E-state index is 0.522. The molecule has 14 heavy (non-hydrogen) atoms. The van der Waals surface area contributed by atoms with Gasteiger partial charge in [0, 0.05) is 0 Å². The normalized spacial score (nSPS) is 17.9.